The molecule has 0 bridgehead atoms. The van der Waals surface area contributed by atoms with Crippen molar-refractivity contribution in [3.8, 4) is 0 Å². The van der Waals surface area contributed by atoms with Gasteiger partial charge < -0.3 is 14.2 Å². The Morgan fingerprint density at radius 2 is 1.00 bits per heavy atom. The second-order valence-electron chi connectivity index (χ2n) is 4.33. The van der Waals surface area contributed by atoms with Crippen molar-refractivity contribution >= 4 is 7.82 Å². The molecule has 0 amide bonds. The van der Waals surface area contributed by atoms with Crippen molar-refractivity contribution in [1.29, 1.82) is 0 Å². The van der Waals surface area contributed by atoms with Gasteiger partial charge in [-0.3, -0.25) is 13.6 Å². The molecule has 0 aromatic rings. The zero-order chi connectivity index (χ0) is 17.7. The number of rotatable bonds is 15. The fourth-order valence-electron chi connectivity index (χ4n) is 1.32. The lowest BCUT2D eigenvalue weighted by Crippen LogP contribution is -2.21. The summed E-state index contributed by atoms with van der Waals surface area (Å²) in [4.78, 5) is 0. The number of phosphoric acid groups is 1. The molecule has 23 heavy (non-hydrogen) atoms. The SMILES string of the molecule is C=CCOC(C)OP(=O)(OC(C)OCC=C)OC(C)OCC=C. The van der Waals surface area contributed by atoms with Gasteiger partial charge in [-0.05, 0) is 20.8 Å². The van der Waals surface area contributed by atoms with Crippen LogP contribution < -0.4 is 0 Å². The summed E-state index contributed by atoms with van der Waals surface area (Å²) in [7, 11) is -3.99. The van der Waals surface area contributed by atoms with Gasteiger partial charge in [-0.25, -0.2) is 4.57 Å². The van der Waals surface area contributed by atoms with Crippen molar-refractivity contribution in [3.63, 3.8) is 0 Å². The van der Waals surface area contributed by atoms with Crippen LogP contribution in [0.15, 0.2) is 38.0 Å². The highest BCUT2D eigenvalue weighted by molar-refractivity contribution is 7.48. The topological polar surface area (TPSA) is 72.5 Å². The summed E-state index contributed by atoms with van der Waals surface area (Å²) in [6, 6.07) is 0. The molecule has 0 spiro atoms. The van der Waals surface area contributed by atoms with Crippen LogP contribution in [0.25, 0.3) is 0 Å². The maximum atomic E-state index is 12.7. The van der Waals surface area contributed by atoms with Gasteiger partial charge in [0, 0.05) is 0 Å². The summed E-state index contributed by atoms with van der Waals surface area (Å²) in [6.07, 6.45) is 2.11. The number of hydrogen-bond donors (Lipinski definition) is 0. The molecule has 0 aliphatic carbocycles. The van der Waals surface area contributed by atoms with Crippen LogP contribution in [0.5, 0.6) is 0 Å². The Bertz CT molecular complexity index is 342. The molecule has 3 atom stereocenters. The summed E-state index contributed by atoms with van der Waals surface area (Å²) < 4.78 is 44.2. The first-order valence-electron chi connectivity index (χ1n) is 7.19. The van der Waals surface area contributed by atoms with Crippen molar-refractivity contribution in [2.24, 2.45) is 0 Å². The van der Waals surface area contributed by atoms with Crippen molar-refractivity contribution < 1.29 is 32.3 Å². The highest BCUT2D eigenvalue weighted by atomic mass is 31.2. The lowest BCUT2D eigenvalue weighted by atomic mass is 10.7. The van der Waals surface area contributed by atoms with Gasteiger partial charge in [0.1, 0.15) is 0 Å². The zero-order valence-corrected chi connectivity index (χ0v) is 14.9. The molecule has 8 heteroatoms. The summed E-state index contributed by atoms with van der Waals surface area (Å²) in [6.45, 7) is 15.9. The lowest BCUT2D eigenvalue weighted by Gasteiger charge is -2.26. The fourth-order valence-corrected chi connectivity index (χ4v) is 2.74. The first kappa shape index (κ1) is 22.2. The highest BCUT2D eigenvalue weighted by Crippen LogP contribution is 2.53. The first-order chi connectivity index (χ1) is 10.9. The van der Waals surface area contributed by atoms with Crippen LogP contribution in [0.2, 0.25) is 0 Å². The van der Waals surface area contributed by atoms with E-state index >= 15 is 0 Å². The van der Waals surface area contributed by atoms with Crippen LogP contribution >= 0.6 is 7.82 Å². The van der Waals surface area contributed by atoms with E-state index in [1.165, 1.54) is 18.2 Å². The largest absolute Gasteiger partial charge is 0.481 e. The van der Waals surface area contributed by atoms with Crippen LogP contribution in [-0.4, -0.2) is 38.7 Å². The Balaban J connectivity index is 4.79. The van der Waals surface area contributed by atoms with E-state index in [-0.39, 0.29) is 19.8 Å². The lowest BCUT2D eigenvalue weighted by molar-refractivity contribution is -0.140. The number of phosphoric ester groups is 1. The van der Waals surface area contributed by atoms with E-state index in [1.807, 2.05) is 0 Å². The molecule has 0 heterocycles. The van der Waals surface area contributed by atoms with Gasteiger partial charge >= 0.3 is 7.82 Å². The Hall–Kier alpha value is -0.790. The van der Waals surface area contributed by atoms with Gasteiger partial charge in [0.25, 0.3) is 0 Å². The van der Waals surface area contributed by atoms with Gasteiger partial charge in [-0.2, -0.15) is 0 Å². The molecule has 7 nitrogen and oxygen atoms in total. The third-order valence-corrected chi connectivity index (χ3v) is 3.84. The Morgan fingerprint density at radius 3 is 1.22 bits per heavy atom. The molecular formula is C15H27O7P. The van der Waals surface area contributed by atoms with Crippen molar-refractivity contribution in [3.05, 3.63) is 38.0 Å². The smallest absolute Gasteiger partial charge is 0.348 e. The molecule has 0 aromatic carbocycles. The monoisotopic (exact) mass is 350 g/mol. The average Bonchev–Trinajstić information content (AvgIpc) is 2.48. The van der Waals surface area contributed by atoms with Gasteiger partial charge in [0.15, 0.2) is 18.9 Å². The predicted octanol–water partition coefficient (Wildman–Crippen LogP) is 3.79. The molecule has 0 aliphatic rings. The van der Waals surface area contributed by atoms with Crippen LogP contribution in [-0.2, 0) is 32.3 Å². The number of ether oxygens (including phenoxy) is 3. The summed E-state index contributed by atoms with van der Waals surface area (Å²) in [5.41, 5.74) is 0. The van der Waals surface area contributed by atoms with Gasteiger partial charge in [0.2, 0.25) is 0 Å². The summed E-state index contributed by atoms with van der Waals surface area (Å²) in [5.74, 6) is 0. The third kappa shape index (κ3) is 11.4. The van der Waals surface area contributed by atoms with E-state index in [0.717, 1.165) is 0 Å². The predicted molar refractivity (Wildman–Crippen MR) is 87.7 cm³/mol. The van der Waals surface area contributed by atoms with E-state index < -0.39 is 26.7 Å². The second kappa shape index (κ2) is 12.6. The number of hydrogen-bond acceptors (Lipinski definition) is 7. The van der Waals surface area contributed by atoms with Crippen molar-refractivity contribution in [1.82, 2.24) is 0 Å². The molecule has 0 rings (SSSR count). The maximum Gasteiger partial charge on any atom is 0.481 e. The molecule has 0 fully saturated rings. The molecule has 0 saturated carbocycles. The molecular weight excluding hydrogens is 323 g/mol. The fraction of sp³-hybridized carbons (Fsp3) is 0.600. The van der Waals surface area contributed by atoms with E-state index in [0.29, 0.717) is 0 Å². The molecule has 0 N–H and O–H groups in total. The van der Waals surface area contributed by atoms with E-state index in [2.05, 4.69) is 19.7 Å². The van der Waals surface area contributed by atoms with Gasteiger partial charge in [-0.1, -0.05) is 18.2 Å². The normalized spacial score (nSPS) is 17.7. The molecule has 0 aromatic heterocycles. The van der Waals surface area contributed by atoms with Crippen LogP contribution in [0, 0.1) is 0 Å². The van der Waals surface area contributed by atoms with Crippen molar-refractivity contribution in [2.75, 3.05) is 19.8 Å². The highest BCUT2D eigenvalue weighted by Gasteiger charge is 2.35. The Morgan fingerprint density at radius 1 is 0.739 bits per heavy atom. The molecule has 0 saturated heterocycles. The first-order valence-corrected chi connectivity index (χ1v) is 8.65. The molecule has 3 unspecified atom stereocenters. The second-order valence-corrected chi connectivity index (χ2v) is 5.86. The Labute approximate surface area is 138 Å². The third-order valence-electron chi connectivity index (χ3n) is 2.18. The van der Waals surface area contributed by atoms with Crippen LogP contribution in [0.3, 0.4) is 0 Å². The minimum absolute atomic E-state index is 0.228. The maximum absolute atomic E-state index is 12.7. The van der Waals surface area contributed by atoms with E-state index in [9.17, 15) is 4.57 Å². The zero-order valence-electron chi connectivity index (χ0n) is 14.0. The standard InChI is InChI=1S/C15H27O7P/c1-7-10-17-13(4)20-23(16,21-14(5)18-11-8-2)22-15(6)19-12-9-3/h7-9,13-15H,1-3,10-12H2,4-6H3. The van der Waals surface area contributed by atoms with E-state index in [1.54, 1.807) is 20.8 Å². The van der Waals surface area contributed by atoms with E-state index in [4.69, 9.17) is 27.8 Å². The molecule has 134 valence electrons. The Kier molecular flexibility index (Phi) is 12.2. The minimum Gasteiger partial charge on any atom is -0.348 e. The van der Waals surface area contributed by atoms with Crippen LogP contribution in [0.1, 0.15) is 20.8 Å². The summed E-state index contributed by atoms with van der Waals surface area (Å²) >= 11 is 0. The molecule has 0 aliphatic heterocycles. The average molecular weight is 350 g/mol. The van der Waals surface area contributed by atoms with Crippen molar-refractivity contribution in [2.45, 2.75) is 39.6 Å². The minimum atomic E-state index is -3.99. The van der Waals surface area contributed by atoms with Gasteiger partial charge in [0.05, 0.1) is 19.8 Å². The van der Waals surface area contributed by atoms with Gasteiger partial charge in [-0.15, -0.1) is 19.7 Å². The quantitative estimate of drug-likeness (QED) is 0.253. The summed E-state index contributed by atoms with van der Waals surface area (Å²) in [5, 5.41) is 0. The molecule has 0 radical (unpaired) electrons. The van der Waals surface area contributed by atoms with Crippen LogP contribution in [0.4, 0.5) is 0 Å².